The Kier molecular flexibility index (Phi) is 5.63. The van der Waals surface area contributed by atoms with Crippen LogP contribution in [0.5, 0.6) is 0 Å². The van der Waals surface area contributed by atoms with Crippen molar-refractivity contribution in [2.75, 3.05) is 18.8 Å². The molecule has 0 saturated heterocycles. The minimum absolute atomic E-state index is 0.0834. The summed E-state index contributed by atoms with van der Waals surface area (Å²) in [5.74, 6) is -4.98. The fourth-order valence-electron chi connectivity index (χ4n) is 1.77. The van der Waals surface area contributed by atoms with E-state index in [9.17, 15) is 22.0 Å². The van der Waals surface area contributed by atoms with Crippen LogP contribution < -0.4 is 16.4 Å². The van der Waals surface area contributed by atoms with E-state index in [1.807, 2.05) is 12.2 Å². The smallest absolute Gasteiger partial charge is 0.399 e. The number of allylic oxidation sites excluding steroid dienone is 1. The summed E-state index contributed by atoms with van der Waals surface area (Å²) in [6.07, 6.45) is -5.67. The van der Waals surface area contributed by atoms with Gasteiger partial charge in [0.25, 0.3) is 0 Å². The van der Waals surface area contributed by atoms with Gasteiger partial charge in [0.15, 0.2) is 0 Å². The van der Waals surface area contributed by atoms with E-state index in [1.165, 1.54) is 0 Å². The van der Waals surface area contributed by atoms with E-state index in [0.29, 0.717) is 11.4 Å². The summed E-state index contributed by atoms with van der Waals surface area (Å²) in [5.41, 5.74) is 6.94. The SMILES string of the molecule is C=C(NCCNC(=C)C(F)(F)C(F)(F)F)c1cc(N)ccc1C. The summed E-state index contributed by atoms with van der Waals surface area (Å²) in [6, 6.07) is 5.20. The van der Waals surface area contributed by atoms with Gasteiger partial charge in [0.2, 0.25) is 0 Å². The van der Waals surface area contributed by atoms with Crippen molar-refractivity contribution in [1.29, 1.82) is 0 Å². The predicted molar refractivity (Wildman–Crippen MR) is 80.8 cm³/mol. The van der Waals surface area contributed by atoms with E-state index in [1.54, 1.807) is 18.2 Å². The van der Waals surface area contributed by atoms with Gasteiger partial charge in [0, 0.05) is 30.0 Å². The third-order valence-corrected chi connectivity index (χ3v) is 3.12. The maximum absolute atomic E-state index is 12.9. The Balaban J connectivity index is 2.51. The normalized spacial score (nSPS) is 11.9. The molecule has 0 saturated carbocycles. The first-order chi connectivity index (χ1) is 10.5. The van der Waals surface area contributed by atoms with Gasteiger partial charge in [-0.2, -0.15) is 22.0 Å². The monoisotopic (exact) mass is 335 g/mol. The van der Waals surface area contributed by atoms with Crippen molar-refractivity contribution in [2.24, 2.45) is 0 Å². The number of rotatable bonds is 7. The highest BCUT2D eigenvalue weighted by atomic mass is 19.4. The second-order valence-corrected chi connectivity index (χ2v) is 4.96. The molecule has 0 radical (unpaired) electrons. The quantitative estimate of drug-likeness (QED) is 0.406. The lowest BCUT2D eigenvalue weighted by Crippen LogP contribution is -2.43. The number of benzene rings is 1. The topological polar surface area (TPSA) is 50.1 Å². The molecule has 1 aromatic carbocycles. The molecule has 8 heteroatoms. The van der Waals surface area contributed by atoms with Crippen molar-refractivity contribution < 1.29 is 22.0 Å². The molecule has 0 fully saturated rings. The van der Waals surface area contributed by atoms with Crippen molar-refractivity contribution in [2.45, 2.75) is 19.0 Å². The van der Waals surface area contributed by atoms with Gasteiger partial charge in [-0.05, 0) is 24.6 Å². The number of hydrogen-bond donors (Lipinski definition) is 3. The summed E-state index contributed by atoms with van der Waals surface area (Å²) in [6.45, 7) is 8.28. The zero-order valence-corrected chi connectivity index (χ0v) is 12.5. The number of anilines is 1. The van der Waals surface area contributed by atoms with Crippen LogP contribution >= 0.6 is 0 Å². The molecular formula is C15H18F5N3. The van der Waals surface area contributed by atoms with Crippen LogP contribution in [0, 0.1) is 6.92 Å². The number of nitrogens with one attached hydrogen (secondary N) is 2. The van der Waals surface area contributed by atoms with Crippen molar-refractivity contribution in [3.63, 3.8) is 0 Å². The molecule has 0 unspecified atom stereocenters. The van der Waals surface area contributed by atoms with E-state index in [0.717, 1.165) is 11.1 Å². The minimum atomic E-state index is -5.67. The van der Waals surface area contributed by atoms with Crippen LogP contribution in [0.1, 0.15) is 11.1 Å². The molecule has 128 valence electrons. The third kappa shape index (κ3) is 4.61. The van der Waals surface area contributed by atoms with Crippen LogP contribution in [0.4, 0.5) is 27.6 Å². The standard InChI is InChI=1S/C15H18F5N3/c1-9-4-5-12(21)8-13(9)10(2)22-6-7-23-11(3)14(16,17)15(18,19)20/h4-5,8,22-23H,2-3,6-7,21H2,1H3. The van der Waals surface area contributed by atoms with Gasteiger partial charge < -0.3 is 16.4 Å². The molecule has 0 bridgehead atoms. The van der Waals surface area contributed by atoms with E-state index in [-0.39, 0.29) is 13.1 Å². The number of hydrogen-bond acceptors (Lipinski definition) is 3. The van der Waals surface area contributed by atoms with Crippen LogP contribution in [0.15, 0.2) is 37.1 Å². The second-order valence-electron chi connectivity index (χ2n) is 4.96. The lowest BCUT2D eigenvalue weighted by Gasteiger charge is -2.23. The molecule has 1 aromatic rings. The van der Waals surface area contributed by atoms with Gasteiger partial charge in [0.1, 0.15) is 0 Å². The van der Waals surface area contributed by atoms with Gasteiger partial charge in [-0.1, -0.05) is 19.2 Å². The van der Waals surface area contributed by atoms with E-state index in [4.69, 9.17) is 5.73 Å². The number of aryl methyl sites for hydroxylation is 1. The molecule has 0 atom stereocenters. The zero-order chi connectivity index (χ0) is 17.8. The summed E-state index contributed by atoms with van der Waals surface area (Å²) >= 11 is 0. The lowest BCUT2D eigenvalue weighted by atomic mass is 10.1. The highest BCUT2D eigenvalue weighted by Gasteiger charge is 2.59. The minimum Gasteiger partial charge on any atom is -0.399 e. The molecule has 0 aromatic heterocycles. The Bertz CT molecular complexity index is 593. The number of nitrogens with two attached hydrogens (primary N) is 1. The molecular weight excluding hydrogens is 317 g/mol. The Morgan fingerprint density at radius 1 is 1.09 bits per heavy atom. The fourth-order valence-corrected chi connectivity index (χ4v) is 1.77. The summed E-state index contributed by atoms with van der Waals surface area (Å²) < 4.78 is 62.3. The molecule has 0 aliphatic rings. The summed E-state index contributed by atoms with van der Waals surface area (Å²) in [4.78, 5) is 0. The average molecular weight is 335 g/mol. The predicted octanol–water partition coefficient (Wildman–Crippen LogP) is 3.44. The lowest BCUT2D eigenvalue weighted by molar-refractivity contribution is -0.265. The number of alkyl halides is 5. The number of halogens is 5. The van der Waals surface area contributed by atoms with Crippen LogP contribution in [0.25, 0.3) is 5.70 Å². The summed E-state index contributed by atoms with van der Waals surface area (Å²) in [7, 11) is 0. The van der Waals surface area contributed by atoms with Crippen LogP contribution in [0.3, 0.4) is 0 Å². The average Bonchev–Trinajstić information content (AvgIpc) is 2.44. The van der Waals surface area contributed by atoms with Gasteiger partial charge >= 0.3 is 12.1 Å². The van der Waals surface area contributed by atoms with Crippen LogP contribution in [-0.2, 0) is 0 Å². The molecule has 0 aliphatic carbocycles. The Morgan fingerprint density at radius 3 is 2.22 bits per heavy atom. The Morgan fingerprint density at radius 2 is 1.65 bits per heavy atom. The Labute approximate surface area is 131 Å². The molecule has 0 amide bonds. The second kappa shape index (κ2) is 6.89. The first kappa shape index (κ1) is 18.8. The fraction of sp³-hybridized carbons (Fsp3) is 0.333. The molecule has 4 N–H and O–H groups in total. The van der Waals surface area contributed by atoms with Crippen molar-refractivity contribution >= 4 is 11.4 Å². The van der Waals surface area contributed by atoms with Crippen molar-refractivity contribution in [3.05, 3.63) is 48.2 Å². The van der Waals surface area contributed by atoms with Crippen LogP contribution in [0.2, 0.25) is 0 Å². The molecule has 1 rings (SSSR count). The maximum Gasteiger partial charge on any atom is 0.459 e. The van der Waals surface area contributed by atoms with Crippen LogP contribution in [-0.4, -0.2) is 25.2 Å². The van der Waals surface area contributed by atoms with Gasteiger partial charge in [-0.25, -0.2) is 0 Å². The Hall–Kier alpha value is -2.25. The van der Waals surface area contributed by atoms with E-state index >= 15 is 0 Å². The van der Waals surface area contributed by atoms with Gasteiger partial charge in [-0.15, -0.1) is 0 Å². The van der Waals surface area contributed by atoms with E-state index in [2.05, 4.69) is 18.5 Å². The highest BCUT2D eigenvalue weighted by Crippen LogP contribution is 2.39. The van der Waals surface area contributed by atoms with E-state index < -0.39 is 17.8 Å². The first-order valence-corrected chi connectivity index (χ1v) is 6.64. The largest absolute Gasteiger partial charge is 0.459 e. The first-order valence-electron chi connectivity index (χ1n) is 6.64. The van der Waals surface area contributed by atoms with Crippen molar-refractivity contribution in [1.82, 2.24) is 10.6 Å². The molecule has 3 nitrogen and oxygen atoms in total. The van der Waals surface area contributed by atoms with Gasteiger partial charge in [0.05, 0.1) is 5.70 Å². The molecule has 23 heavy (non-hydrogen) atoms. The van der Waals surface area contributed by atoms with Gasteiger partial charge in [-0.3, -0.25) is 0 Å². The van der Waals surface area contributed by atoms with Crippen molar-refractivity contribution in [3.8, 4) is 0 Å². The highest BCUT2D eigenvalue weighted by molar-refractivity contribution is 5.67. The maximum atomic E-state index is 12.9. The third-order valence-electron chi connectivity index (χ3n) is 3.12. The number of nitrogen functional groups attached to an aromatic ring is 1. The molecule has 0 spiro atoms. The zero-order valence-electron chi connectivity index (χ0n) is 12.5. The summed E-state index contributed by atoms with van der Waals surface area (Å²) in [5, 5.41) is 4.80. The molecule has 0 heterocycles. The molecule has 0 aliphatic heterocycles.